The number of halogens is 3. The summed E-state index contributed by atoms with van der Waals surface area (Å²) in [5, 5.41) is 3.96. The summed E-state index contributed by atoms with van der Waals surface area (Å²) >= 11 is 15.7. The molecule has 2 aromatic rings. The summed E-state index contributed by atoms with van der Waals surface area (Å²) in [5.41, 5.74) is 0.459. The molecule has 3 rings (SSSR count). The van der Waals surface area contributed by atoms with Crippen LogP contribution < -0.4 is 10.2 Å². The zero-order chi connectivity index (χ0) is 21.9. The van der Waals surface area contributed by atoms with Gasteiger partial charge in [-0.1, -0.05) is 51.3 Å². The number of benzene rings is 2. The highest BCUT2D eigenvalue weighted by Gasteiger charge is 2.47. The molecule has 30 heavy (non-hydrogen) atoms. The van der Waals surface area contributed by atoms with Gasteiger partial charge in [0.25, 0.3) is 5.91 Å². The van der Waals surface area contributed by atoms with Gasteiger partial charge in [0.15, 0.2) is 0 Å². The Kier molecular flexibility index (Phi) is 7.06. The molecule has 158 valence electrons. The summed E-state index contributed by atoms with van der Waals surface area (Å²) in [4.78, 5) is 31.0. The van der Waals surface area contributed by atoms with E-state index in [9.17, 15) is 9.59 Å². The van der Waals surface area contributed by atoms with E-state index in [0.717, 1.165) is 10.0 Å². The smallest absolute Gasteiger partial charge is 0.327 e. The van der Waals surface area contributed by atoms with Gasteiger partial charge in [-0.05, 0) is 49.7 Å². The van der Waals surface area contributed by atoms with Gasteiger partial charge in [-0.3, -0.25) is 9.59 Å². The summed E-state index contributed by atoms with van der Waals surface area (Å²) in [6, 6.07) is 12.6. The second-order valence-electron chi connectivity index (χ2n) is 6.97. The van der Waals surface area contributed by atoms with E-state index in [1.807, 2.05) is 24.3 Å². The largest absolute Gasteiger partial charge is 0.465 e. The van der Waals surface area contributed by atoms with Crippen molar-refractivity contribution in [2.45, 2.75) is 25.8 Å². The van der Waals surface area contributed by atoms with Gasteiger partial charge in [0.05, 0.1) is 12.3 Å². The maximum atomic E-state index is 13.5. The lowest BCUT2D eigenvalue weighted by atomic mass is 9.93. The third kappa shape index (κ3) is 5.14. The number of aliphatic imine (C=N–C) groups is 1. The van der Waals surface area contributed by atoms with Crippen LogP contribution in [0.1, 0.15) is 19.4 Å². The first-order chi connectivity index (χ1) is 14.2. The van der Waals surface area contributed by atoms with E-state index >= 15 is 0 Å². The lowest BCUT2D eigenvalue weighted by Crippen LogP contribution is -2.46. The van der Waals surface area contributed by atoms with Gasteiger partial charge in [0, 0.05) is 20.9 Å². The number of amides is 1. The summed E-state index contributed by atoms with van der Waals surface area (Å²) in [7, 11) is 0. The third-order valence-electron chi connectivity index (χ3n) is 4.51. The maximum Gasteiger partial charge on any atom is 0.327 e. The zero-order valence-electron chi connectivity index (χ0n) is 16.4. The average Bonchev–Trinajstić information content (AvgIpc) is 2.92. The van der Waals surface area contributed by atoms with Crippen LogP contribution in [0.5, 0.6) is 0 Å². The third-order valence-corrected chi connectivity index (χ3v) is 5.48. The van der Waals surface area contributed by atoms with Crippen LogP contribution >= 0.6 is 39.1 Å². The van der Waals surface area contributed by atoms with Crippen molar-refractivity contribution in [2.24, 2.45) is 4.99 Å². The Balaban J connectivity index is 1.97. The molecule has 0 spiro atoms. The second kappa shape index (κ2) is 9.37. The lowest BCUT2D eigenvalue weighted by molar-refractivity contribution is -0.141. The van der Waals surface area contributed by atoms with Gasteiger partial charge < -0.3 is 10.1 Å². The van der Waals surface area contributed by atoms with E-state index in [2.05, 4.69) is 26.2 Å². The molecule has 6 nitrogen and oxygen atoms in total. The highest BCUT2D eigenvalue weighted by atomic mass is 79.9. The zero-order valence-corrected chi connectivity index (χ0v) is 19.5. The fourth-order valence-corrected chi connectivity index (χ4v) is 3.97. The number of esters is 1. The number of ether oxygens (including phenoxy) is 1. The molecule has 0 bridgehead atoms. The van der Waals surface area contributed by atoms with Gasteiger partial charge in [-0.25, -0.2) is 9.89 Å². The average molecular weight is 513 g/mol. The first kappa shape index (κ1) is 22.6. The van der Waals surface area contributed by atoms with Crippen LogP contribution in [-0.4, -0.2) is 36.5 Å². The van der Waals surface area contributed by atoms with E-state index in [1.54, 1.807) is 32.0 Å². The number of carbonyl (C=O) groups is 2. The van der Waals surface area contributed by atoms with Crippen LogP contribution in [-0.2, 0) is 20.7 Å². The van der Waals surface area contributed by atoms with Crippen molar-refractivity contribution in [1.29, 1.82) is 0 Å². The summed E-state index contributed by atoms with van der Waals surface area (Å²) in [5.74, 6) is -0.470. The molecule has 0 aromatic heterocycles. The van der Waals surface area contributed by atoms with Crippen molar-refractivity contribution in [3.63, 3.8) is 0 Å². The van der Waals surface area contributed by atoms with Crippen molar-refractivity contribution < 1.29 is 14.3 Å². The predicted octanol–water partition coefficient (Wildman–Crippen LogP) is 4.61. The Morgan fingerprint density at radius 3 is 2.43 bits per heavy atom. The number of nitrogens with one attached hydrogen (secondary N) is 1. The van der Waals surface area contributed by atoms with Crippen LogP contribution in [0.3, 0.4) is 0 Å². The van der Waals surface area contributed by atoms with Crippen molar-refractivity contribution >= 4 is 62.7 Å². The van der Waals surface area contributed by atoms with Gasteiger partial charge in [-0.2, -0.15) is 0 Å². The number of anilines is 1. The number of carbonyl (C=O) groups excluding carboxylic acids is 2. The standard InChI is InChI=1S/C21H20BrCl2N3O3/c1-3-30-18(28)12-25-20-26-21(2,11-13-4-6-14(22)7-5-13)19(29)27(20)17-9-15(23)8-16(24)10-17/h4-10H,3,11-12H2,1-2H3,(H,25,26). The highest BCUT2D eigenvalue weighted by Crippen LogP contribution is 2.31. The van der Waals surface area contributed by atoms with Crippen LogP contribution in [0.2, 0.25) is 10.0 Å². The van der Waals surface area contributed by atoms with Crippen molar-refractivity contribution in [3.05, 3.63) is 62.5 Å². The van der Waals surface area contributed by atoms with Gasteiger partial charge in [0.1, 0.15) is 12.1 Å². The van der Waals surface area contributed by atoms with Crippen molar-refractivity contribution in [2.75, 3.05) is 18.1 Å². The maximum absolute atomic E-state index is 13.5. The molecular formula is C21H20BrCl2N3O3. The number of hydrogen-bond donors (Lipinski definition) is 1. The molecule has 9 heteroatoms. The molecule has 1 unspecified atom stereocenters. The first-order valence-electron chi connectivity index (χ1n) is 9.25. The molecule has 2 aromatic carbocycles. The Hall–Kier alpha value is -2.09. The minimum Gasteiger partial charge on any atom is -0.465 e. The Morgan fingerprint density at radius 2 is 1.83 bits per heavy atom. The lowest BCUT2D eigenvalue weighted by Gasteiger charge is -2.22. The van der Waals surface area contributed by atoms with E-state index < -0.39 is 11.5 Å². The second-order valence-corrected chi connectivity index (χ2v) is 8.76. The Morgan fingerprint density at radius 1 is 1.20 bits per heavy atom. The van der Waals surface area contributed by atoms with Crippen LogP contribution in [0.4, 0.5) is 5.69 Å². The quantitative estimate of drug-likeness (QED) is 0.573. The minimum absolute atomic E-state index is 0.220. The minimum atomic E-state index is -0.976. The molecule has 1 fully saturated rings. The molecule has 1 amide bonds. The first-order valence-corrected chi connectivity index (χ1v) is 10.8. The van der Waals surface area contributed by atoms with E-state index in [-0.39, 0.29) is 25.0 Å². The number of guanidine groups is 1. The fraction of sp³-hybridized carbons (Fsp3) is 0.286. The Bertz CT molecular complexity index is 977. The molecule has 1 N–H and O–H groups in total. The summed E-state index contributed by atoms with van der Waals surface area (Å²) < 4.78 is 5.90. The normalized spacial score (nSPS) is 19.8. The molecule has 1 saturated heterocycles. The summed E-state index contributed by atoms with van der Waals surface area (Å²) in [6.07, 6.45) is 0.419. The van der Waals surface area contributed by atoms with Gasteiger partial charge in [-0.15, -0.1) is 0 Å². The Labute approximate surface area is 193 Å². The van der Waals surface area contributed by atoms with E-state index in [0.29, 0.717) is 22.2 Å². The van der Waals surface area contributed by atoms with Gasteiger partial charge >= 0.3 is 5.97 Å². The SMILES string of the molecule is CCOC(=O)CN=C1NC(C)(Cc2ccc(Br)cc2)C(=O)N1c1cc(Cl)cc(Cl)c1. The number of hydrogen-bond acceptors (Lipinski definition) is 4. The van der Waals surface area contributed by atoms with E-state index in [1.165, 1.54) is 4.90 Å². The molecule has 1 aliphatic rings. The molecule has 1 atom stereocenters. The number of nitrogens with zero attached hydrogens (tertiary/aromatic N) is 2. The van der Waals surface area contributed by atoms with E-state index in [4.69, 9.17) is 27.9 Å². The predicted molar refractivity (Wildman–Crippen MR) is 122 cm³/mol. The van der Waals surface area contributed by atoms with Crippen molar-refractivity contribution in [3.8, 4) is 0 Å². The fourth-order valence-electron chi connectivity index (χ4n) is 3.19. The molecule has 1 heterocycles. The molecular weight excluding hydrogens is 493 g/mol. The van der Waals surface area contributed by atoms with Crippen molar-refractivity contribution in [1.82, 2.24) is 5.32 Å². The molecule has 0 aliphatic carbocycles. The van der Waals surface area contributed by atoms with Crippen LogP contribution in [0.25, 0.3) is 0 Å². The topological polar surface area (TPSA) is 71.0 Å². The summed E-state index contributed by atoms with van der Waals surface area (Å²) in [6.45, 7) is 3.55. The molecule has 1 aliphatic heterocycles. The van der Waals surface area contributed by atoms with Crippen LogP contribution in [0.15, 0.2) is 51.9 Å². The van der Waals surface area contributed by atoms with Crippen LogP contribution in [0, 0.1) is 0 Å². The highest BCUT2D eigenvalue weighted by molar-refractivity contribution is 9.10. The monoisotopic (exact) mass is 511 g/mol. The molecule has 0 saturated carbocycles. The molecule has 0 radical (unpaired) electrons. The number of rotatable bonds is 6. The van der Waals surface area contributed by atoms with Gasteiger partial charge in [0.2, 0.25) is 5.96 Å².